The average molecular weight is 539 g/mol. The molecule has 9 nitrogen and oxygen atoms in total. The van der Waals surface area contributed by atoms with Gasteiger partial charge < -0.3 is 4.98 Å². The predicted molar refractivity (Wildman–Crippen MR) is 150 cm³/mol. The Morgan fingerprint density at radius 3 is 2.48 bits per heavy atom. The fourth-order valence-corrected chi connectivity index (χ4v) is 5.41. The van der Waals surface area contributed by atoms with Crippen LogP contribution in [0.25, 0.3) is 10.9 Å². The molecule has 0 bridgehead atoms. The number of nitrogens with zero attached hydrogens (tertiary/aromatic N) is 7. The number of piperazine rings is 1. The number of aromatic amines is 1. The Kier molecular flexibility index (Phi) is 7.19. The van der Waals surface area contributed by atoms with Crippen molar-refractivity contribution >= 4 is 10.9 Å². The molecule has 10 heteroatoms. The molecule has 0 amide bonds. The van der Waals surface area contributed by atoms with Gasteiger partial charge in [-0.3, -0.25) is 19.6 Å². The van der Waals surface area contributed by atoms with Crippen LogP contribution in [0.5, 0.6) is 0 Å². The molecule has 1 N–H and O–H groups in total. The molecular weight excluding hydrogens is 507 g/mol. The fraction of sp³-hybridized carbons (Fsp3) is 0.300. The lowest BCUT2D eigenvalue weighted by atomic mass is 10.00. The van der Waals surface area contributed by atoms with E-state index in [1.165, 1.54) is 17.7 Å². The Morgan fingerprint density at radius 1 is 0.950 bits per heavy atom. The molecule has 5 aromatic rings. The number of benzene rings is 2. The highest BCUT2D eigenvalue weighted by Crippen LogP contribution is 2.29. The molecule has 40 heavy (non-hydrogen) atoms. The van der Waals surface area contributed by atoms with Gasteiger partial charge in [0.25, 0.3) is 5.56 Å². The van der Waals surface area contributed by atoms with Gasteiger partial charge in [0.2, 0.25) is 0 Å². The molecule has 1 aliphatic rings. The maximum absolute atomic E-state index is 13.6. The minimum absolute atomic E-state index is 0.158. The third-order valence-electron chi connectivity index (χ3n) is 7.73. The van der Waals surface area contributed by atoms with Gasteiger partial charge in [0, 0.05) is 56.2 Å². The number of aryl methyl sites for hydroxylation is 2. The standard InChI is InChI=1S/C30H31FN8O/c1-20-14-24-16-26(30(40)33-27(24)15-21(20)2)28(29-34-35-36-39(29)19-22-5-7-25(31)8-6-22)38-12-10-37(11-13-38)18-23-4-3-9-32-17-23/h3-9,14-17,28H,10-13,18-19H2,1-2H3,(H,33,40). The second-order valence-corrected chi connectivity index (χ2v) is 10.5. The van der Waals surface area contributed by atoms with Crippen molar-refractivity contribution in [3.63, 3.8) is 0 Å². The van der Waals surface area contributed by atoms with Crippen LogP contribution in [-0.4, -0.2) is 66.2 Å². The molecule has 0 spiro atoms. The summed E-state index contributed by atoms with van der Waals surface area (Å²) in [7, 11) is 0. The maximum Gasteiger partial charge on any atom is 0.253 e. The number of fused-ring (bicyclic) bond motifs is 1. The SMILES string of the molecule is Cc1cc2cc(C(c3nnnn3Cc3ccc(F)cc3)N3CCN(Cc4cccnc4)CC3)c(=O)[nH]c2cc1C. The summed E-state index contributed by atoms with van der Waals surface area (Å²) >= 11 is 0. The first-order valence-corrected chi connectivity index (χ1v) is 13.4. The number of tetrazole rings is 1. The third kappa shape index (κ3) is 5.41. The van der Waals surface area contributed by atoms with Crippen molar-refractivity contribution < 1.29 is 4.39 Å². The number of halogens is 1. The minimum Gasteiger partial charge on any atom is -0.322 e. The molecule has 1 atom stereocenters. The summed E-state index contributed by atoms with van der Waals surface area (Å²) in [5.41, 5.74) is 5.58. The highest BCUT2D eigenvalue weighted by molar-refractivity contribution is 5.81. The first-order valence-electron chi connectivity index (χ1n) is 13.4. The van der Waals surface area contributed by atoms with Crippen LogP contribution in [0.4, 0.5) is 4.39 Å². The van der Waals surface area contributed by atoms with Gasteiger partial charge in [0.1, 0.15) is 11.9 Å². The summed E-state index contributed by atoms with van der Waals surface area (Å²) in [4.78, 5) is 25.6. The maximum atomic E-state index is 13.6. The number of aromatic nitrogens is 6. The molecule has 6 rings (SSSR count). The van der Waals surface area contributed by atoms with E-state index in [2.05, 4.69) is 54.3 Å². The molecule has 1 fully saturated rings. The molecule has 1 aliphatic heterocycles. The monoisotopic (exact) mass is 538 g/mol. The van der Waals surface area contributed by atoms with Crippen molar-refractivity contribution in [3.05, 3.63) is 117 Å². The van der Waals surface area contributed by atoms with Crippen molar-refractivity contribution in [1.29, 1.82) is 0 Å². The fourth-order valence-electron chi connectivity index (χ4n) is 5.41. The zero-order valence-corrected chi connectivity index (χ0v) is 22.6. The van der Waals surface area contributed by atoms with Crippen molar-refractivity contribution in [3.8, 4) is 0 Å². The van der Waals surface area contributed by atoms with Crippen molar-refractivity contribution in [2.75, 3.05) is 26.2 Å². The van der Waals surface area contributed by atoms with Gasteiger partial charge in [0.15, 0.2) is 5.82 Å². The Balaban J connectivity index is 1.36. The number of nitrogens with one attached hydrogen (secondary N) is 1. The Labute approximate surface area is 231 Å². The zero-order valence-electron chi connectivity index (χ0n) is 22.6. The van der Waals surface area contributed by atoms with Gasteiger partial charge in [-0.05, 0) is 88.3 Å². The van der Waals surface area contributed by atoms with E-state index in [-0.39, 0.29) is 11.4 Å². The lowest BCUT2D eigenvalue weighted by molar-refractivity contribution is 0.0998. The number of hydrogen-bond acceptors (Lipinski definition) is 7. The summed E-state index contributed by atoms with van der Waals surface area (Å²) in [5.74, 6) is 0.287. The lowest BCUT2D eigenvalue weighted by Crippen LogP contribution is -2.48. The molecule has 204 valence electrons. The molecular formula is C30H31FN8O. The first kappa shape index (κ1) is 26.0. The van der Waals surface area contributed by atoms with Gasteiger partial charge in [-0.1, -0.05) is 18.2 Å². The van der Waals surface area contributed by atoms with Crippen molar-refractivity contribution in [2.45, 2.75) is 33.0 Å². The summed E-state index contributed by atoms with van der Waals surface area (Å²) in [6, 6.07) is 16.0. The van der Waals surface area contributed by atoms with Gasteiger partial charge in [-0.25, -0.2) is 9.07 Å². The third-order valence-corrected chi connectivity index (χ3v) is 7.73. The van der Waals surface area contributed by atoms with Crippen LogP contribution < -0.4 is 5.56 Å². The summed E-state index contributed by atoms with van der Waals surface area (Å²) < 4.78 is 15.2. The van der Waals surface area contributed by atoms with E-state index in [4.69, 9.17) is 0 Å². The van der Waals surface area contributed by atoms with Crippen molar-refractivity contribution in [1.82, 2.24) is 40.0 Å². The molecule has 1 unspecified atom stereocenters. The van der Waals surface area contributed by atoms with E-state index in [1.54, 1.807) is 23.0 Å². The predicted octanol–water partition coefficient (Wildman–Crippen LogP) is 3.62. The molecule has 3 aromatic heterocycles. The second kappa shape index (κ2) is 11.1. The lowest BCUT2D eigenvalue weighted by Gasteiger charge is -2.38. The zero-order chi connectivity index (χ0) is 27.6. The molecule has 1 saturated heterocycles. The van der Waals surface area contributed by atoms with Crippen LogP contribution in [0.1, 0.15) is 39.7 Å². The second-order valence-electron chi connectivity index (χ2n) is 10.5. The summed E-state index contributed by atoms with van der Waals surface area (Å²) in [6.45, 7) is 8.43. The van der Waals surface area contributed by atoms with E-state index < -0.39 is 6.04 Å². The van der Waals surface area contributed by atoms with E-state index in [1.807, 2.05) is 31.3 Å². The highest BCUT2D eigenvalue weighted by Gasteiger charge is 2.32. The molecule has 0 aliphatic carbocycles. The molecule has 2 aromatic carbocycles. The van der Waals surface area contributed by atoms with Crippen LogP contribution in [0.15, 0.2) is 71.8 Å². The van der Waals surface area contributed by atoms with Gasteiger partial charge in [0.05, 0.1) is 6.54 Å². The van der Waals surface area contributed by atoms with E-state index in [0.29, 0.717) is 17.9 Å². The van der Waals surface area contributed by atoms with E-state index in [9.17, 15) is 9.18 Å². The number of hydrogen-bond donors (Lipinski definition) is 1. The molecule has 4 heterocycles. The molecule has 0 saturated carbocycles. The van der Waals surface area contributed by atoms with Crippen LogP contribution in [0.2, 0.25) is 0 Å². The minimum atomic E-state index is -0.453. The van der Waals surface area contributed by atoms with Crippen LogP contribution in [0, 0.1) is 19.7 Å². The quantitative estimate of drug-likeness (QED) is 0.338. The summed E-state index contributed by atoms with van der Waals surface area (Å²) in [5, 5.41) is 13.7. The normalized spacial score (nSPS) is 15.5. The Hall–Kier alpha value is -4.28. The van der Waals surface area contributed by atoms with Crippen LogP contribution >= 0.6 is 0 Å². The Bertz CT molecular complexity index is 1670. The number of rotatable bonds is 7. The van der Waals surface area contributed by atoms with Crippen LogP contribution in [0.3, 0.4) is 0 Å². The number of pyridine rings is 2. The topological polar surface area (TPSA) is 95.8 Å². The molecule has 0 radical (unpaired) electrons. The smallest absolute Gasteiger partial charge is 0.253 e. The largest absolute Gasteiger partial charge is 0.322 e. The van der Waals surface area contributed by atoms with E-state index in [0.717, 1.165) is 60.3 Å². The highest BCUT2D eigenvalue weighted by atomic mass is 19.1. The van der Waals surface area contributed by atoms with Crippen LogP contribution in [-0.2, 0) is 13.1 Å². The Morgan fingerprint density at radius 2 is 1.73 bits per heavy atom. The summed E-state index contributed by atoms with van der Waals surface area (Å²) in [6.07, 6.45) is 3.68. The van der Waals surface area contributed by atoms with Crippen molar-refractivity contribution in [2.24, 2.45) is 0 Å². The van der Waals surface area contributed by atoms with Gasteiger partial charge in [-0.2, -0.15) is 0 Å². The first-order chi connectivity index (χ1) is 19.4. The van der Waals surface area contributed by atoms with E-state index >= 15 is 0 Å². The van der Waals surface area contributed by atoms with Gasteiger partial charge in [-0.15, -0.1) is 5.10 Å². The average Bonchev–Trinajstić information content (AvgIpc) is 3.40. The van der Waals surface area contributed by atoms with Gasteiger partial charge >= 0.3 is 0 Å². The number of H-pyrrole nitrogens is 1.